The van der Waals surface area contributed by atoms with Crippen LogP contribution in [0.3, 0.4) is 0 Å². The Kier molecular flexibility index (Phi) is 3.85. The fraction of sp³-hybridized carbons (Fsp3) is 0.0714. The van der Waals surface area contributed by atoms with E-state index >= 15 is 0 Å². The predicted molar refractivity (Wildman–Crippen MR) is 72.4 cm³/mol. The normalized spacial score (nSPS) is 9.89. The summed E-state index contributed by atoms with van der Waals surface area (Å²) < 4.78 is 5.16. The van der Waals surface area contributed by atoms with Crippen LogP contribution >= 0.6 is 11.6 Å². The zero-order valence-electron chi connectivity index (χ0n) is 9.81. The van der Waals surface area contributed by atoms with Crippen LogP contribution in [0, 0.1) is 0 Å². The van der Waals surface area contributed by atoms with Gasteiger partial charge in [0.05, 0.1) is 12.1 Å². The summed E-state index contributed by atoms with van der Waals surface area (Å²) in [6, 6.07) is 14.1. The molecule has 0 saturated carbocycles. The predicted octanol–water partition coefficient (Wildman–Crippen LogP) is 3.60. The molecule has 1 amide bonds. The molecule has 0 unspecified atom stereocenters. The van der Waals surface area contributed by atoms with Crippen molar-refractivity contribution < 1.29 is 9.53 Å². The maximum Gasteiger partial charge on any atom is 0.255 e. The summed E-state index contributed by atoms with van der Waals surface area (Å²) in [6.45, 7) is 0. The molecule has 1 N–H and O–H groups in total. The van der Waals surface area contributed by atoms with Crippen LogP contribution in [0.4, 0.5) is 5.69 Å². The van der Waals surface area contributed by atoms with Crippen molar-refractivity contribution >= 4 is 23.2 Å². The fourth-order valence-electron chi connectivity index (χ4n) is 1.57. The zero-order chi connectivity index (χ0) is 13.0. The molecule has 0 aliphatic heterocycles. The van der Waals surface area contributed by atoms with E-state index in [-0.39, 0.29) is 5.91 Å². The topological polar surface area (TPSA) is 38.3 Å². The van der Waals surface area contributed by atoms with Gasteiger partial charge in [-0.3, -0.25) is 4.79 Å². The van der Waals surface area contributed by atoms with E-state index in [4.69, 9.17) is 16.3 Å². The van der Waals surface area contributed by atoms with Crippen molar-refractivity contribution in [2.75, 3.05) is 12.4 Å². The number of halogens is 1. The summed E-state index contributed by atoms with van der Waals surface area (Å²) in [6.07, 6.45) is 0. The number of carbonyl (C=O) groups excluding carboxylic acids is 1. The summed E-state index contributed by atoms with van der Waals surface area (Å²) in [5.41, 5.74) is 1.05. The van der Waals surface area contributed by atoms with Crippen LogP contribution in [-0.2, 0) is 0 Å². The van der Waals surface area contributed by atoms with Crippen LogP contribution in [0.25, 0.3) is 0 Å². The number of carbonyl (C=O) groups is 1. The Labute approximate surface area is 110 Å². The molecule has 92 valence electrons. The third kappa shape index (κ3) is 2.63. The van der Waals surface area contributed by atoms with Gasteiger partial charge < -0.3 is 10.1 Å². The molecule has 0 atom stereocenters. The molecule has 0 aliphatic carbocycles. The smallest absolute Gasteiger partial charge is 0.255 e. The Morgan fingerprint density at radius 3 is 2.50 bits per heavy atom. The van der Waals surface area contributed by atoms with E-state index in [1.54, 1.807) is 42.5 Å². The van der Waals surface area contributed by atoms with E-state index in [0.717, 1.165) is 0 Å². The molecule has 2 aromatic carbocycles. The minimum atomic E-state index is -0.220. The van der Waals surface area contributed by atoms with Gasteiger partial charge in [0, 0.05) is 5.56 Å². The number of amides is 1. The average Bonchev–Trinajstić information content (AvgIpc) is 2.42. The molecule has 0 aliphatic rings. The Morgan fingerprint density at radius 2 is 1.83 bits per heavy atom. The number of hydrogen-bond donors (Lipinski definition) is 1. The first-order valence-electron chi connectivity index (χ1n) is 5.41. The van der Waals surface area contributed by atoms with Gasteiger partial charge in [0.2, 0.25) is 0 Å². The maximum absolute atomic E-state index is 12.0. The summed E-state index contributed by atoms with van der Waals surface area (Å²) in [4.78, 5) is 12.0. The number of para-hydroxylation sites is 1. The highest BCUT2D eigenvalue weighted by molar-refractivity contribution is 6.34. The highest BCUT2D eigenvalue weighted by Gasteiger charge is 2.12. The Balaban J connectivity index is 2.27. The van der Waals surface area contributed by atoms with Gasteiger partial charge >= 0.3 is 0 Å². The van der Waals surface area contributed by atoms with Gasteiger partial charge in [-0.05, 0) is 24.3 Å². The van der Waals surface area contributed by atoms with Crippen molar-refractivity contribution in [1.29, 1.82) is 0 Å². The highest BCUT2D eigenvalue weighted by atomic mass is 35.5. The molecule has 0 fully saturated rings. The number of rotatable bonds is 3. The Hall–Kier alpha value is -2.00. The van der Waals surface area contributed by atoms with Crippen molar-refractivity contribution in [2.45, 2.75) is 0 Å². The second kappa shape index (κ2) is 5.56. The second-order valence-corrected chi connectivity index (χ2v) is 4.04. The quantitative estimate of drug-likeness (QED) is 0.917. The van der Waals surface area contributed by atoms with Crippen LogP contribution in [-0.4, -0.2) is 13.0 Å². The largest absolute Gasteiger partial charge is 0.495 e. The third-order valence-electron chi connectivity index (χ3n) is 2.47. The first-order valence-corrected chi connectivity index (χ1v) is 5.79. The molecule has 0 heterocycles. The van der Waals surface area contributed by atoms with Crippen LogP contribution in [0.15, 0.2) is 48.5 Å². The molecule has 0 aromatic heterocycles. The van der Waals surface area contributed by atoms with Gasteiger partial charge in [0.15, 0.2) is 0 Å². The molecule has 0 radical (unpaired) electrons. The summed E-state index contributed by atoms with van der Waals surface area (Å²) in [5.74, 6) is 0.314. The standard InChI is InChI=1S/C14H12ClNO2/c1-18-12-9-5-8-11(15)13(12)16-14(17)10-6-3-2-4-7-10/h2-9H,1H3,(H,16,17). The summed E-state index contributed by atoms with van der Waals surface area (Å²) >= 11 is 6.04. The SMILES string of the molecule is COc1cccc(Cl)c1NC(=O)c1ccccc1. The van der Waals surface area contributed by atoms with Crippen LogP contribution in [0.1, 0.15) is 10.4 Å². The summed E-state index contributed by atoms with van der Waals surface area (Å²) in [7, 11) is 1.53. The van der Waals surface area contributed by atoms with E-state index in [9.17, 15) is 4.79 Å². The molecule has 18 heavy (non-hydrogen) atoms. The van der Waals surface area contributed by atoms with Gasteiger partial charge in [-0.15, -0.1) is 0 Å². The fourth-order valence-corrected chi connectivity index (χ4v) is 1.78. The van der Waals surface area contributed by atoms with Gasteiger partial charge in [-0.25, -0.2) is 0 Å². The molecule has 3 nitrogen and oxygen atoms in total. The molecule has 0 saturated heterocycles. The van der Waals surface area contributed by atoms with Gasteiger partial charge in [-0.2, -0.15) is 0 Å². The van der Waals surface area contributed by atoms with Crippen molar-refractivity contribution in [3.8, 4) is 5.75 Å². The van der Waals surface area contributed by atoms with Crippen molar-refractivity contribution in [1.82, 2.24) is 0 Å². The molecule has 0 bridgehead atoms. The molecule has 2 aromatic rings. The van der Waals surface area contributed by atoms with Gasteiger partial charge in [0.25, 0.3) is 5.91 Å². The highest BCUT2D eigenvalue weighted by Crippen LogP contribution is 2.32. The first-order chi connectivity index (χ1) is 8.72. The average molecular weight is 262 g/mol. The van der Waals surface area contributed by atoms with E-state index in [2.05, 4.69) is 5.32 Å². The lowest BCUT2D eigenvalue weighted by atomic mass is 10.2. The van der Waals surface area contributed by atoms with Crippen LogP contribution in [0.5, 0.6) is 5.75 Å². The minimum absolute atomic E-state index is 0.220. The number of benzene rings is 2. The van der Waals surface area contributed by atoms with Crippen LogP contribution < -0.4 is 10.1 Å². The van der Waals surface area contributed by atoms with E-state index in [1.165, 1.54) is 7.11 Å². The molecule has 2 rings (SSSR count). The number of nitrogens with one attached hydrogen (secondary N) is 1. The van der Waals surface area contributed by atoms with Crippen molar-refractivity contribution in [3.63, 3.8) is 0 Å². The molecule has 0 spiro atoms. The lowest BCUT2D eigenvalue weighted by Gasteiger charge is -2.11. The molecular formula is C14H12ClNO2. The Morgan fingerprint density at radius 1 is 1.11 bits per heavy atom. The molecule has 4 heteroatoms. The van der Waals surface area contributed by atoms with Crippen molar-refractivity contribution in [2.24, 2.45) is 0 Å². The second-order valence-electron chi connectivity index (χ2n) is 3.64. The minimum Gasteiger partial charge on any atom is -0.495 e. The van der Waals surface area contributed by atoms with E-state index < -0.39 is 0 Å². The van der Waals surface area contributed by atoms with Gasteiger partial charge in [-0.1, -0.05) is 35.9 Å². The third-order valence-corrected chi connectivity index (χ3v) is 2.78. The van der Waals surface area contributed by atoms with Crippen molar-refractivity contribution in [3.05, 3.63) is 59.1 Å². The number of anilines is 1. The first kappa shape index (κ1) is 12.5. The van der Waals surface area contributed by atoms with E-state index in [1.807, 2.05) is 6.07 Å². The number of hydrogen-bond acceptors (Lipinski definition) is 2. The van der Waals surface area contributed by atoms with E-state index in [0.29, 0.717) is 22.0 Å². The molecular weight excluding hydrogens is 250 g/mol. The monoisotopic (exact) mass is 261 g/mol. The zero-order valence-corrected chi connectivity index (χ0v) is 10.6. The number of ether oxygens (including phenoxy) is 1. The number of methoxy groups -OCH3 is 1. The lowest BCUT2D eigenvalue weighted by Crippen LogP contribution is -2.12. The maximum atomic E-state index is 12.0. The Bertz CT molecular complexity index is 555. The van der Waals surface area contributed by atoms with Gasteiger partial charge in [0.1, 0.15) is 11.4 Å². The lowest BCUT2D eigenvalue weighted by molar-refractivity contribution is 0.102. The van der Waals surface area contributed by atoms with Crippen LogP contribution in [0.2, 0.25) is 5.02 Å². The summed E-state index contributed by atoms with van der Waals surface area (Å²) in [5, 5.41) is 3.19.